The highest BCUT2D eigenvalue weighted by Crippen LogP contribution is 2.33. The molecular weight excluding hydrogens is 260 g/mol. The van der Waals surface area contributed by atoms with Crippen molar-refractivity contribution in [3.63, 3.8) is 0 Å². The lowest BCUT2D eigenvalue weighted by atomic mass is 9.84. The van der Waals surface area contributed by atoms with Gasteiger partial charge in [-0.2, -0.15) is 0 Å². The number of benzene rings is 2. The molecule has 3 nitrogen and oxygen atoms in total. The first kappa shape index (κ1) is 12.6. The Bertz CT molecular complexity index is 664. The van der Waals surface area contributed by atoms with Crippen molar-refractivity contribution in [3.8, 4) is 0 Å². The van der Waals surface area contributed by atoms with Crippen LogP contribution in [0.25, 0.3) is 0 Å². The van der Waals surface area contributed by atoms with Crippen molar-refractivity contribution in [2.45, 2.75) is 18.5 Å². The van der Waals surface area contributed by atoms with Gasteiger partial charge in [0, 0.05) is 25.6 Å². The van der Waals surface area contributed by atoms with Crippen LogP contribution in [-0.2, 0) is 11.3 Å². The molecule has 1 saturated heterocycles. The molecule has 2 heterocycles. The summed E-state index contributed by atoms with van der Waals surface area (Å²) >= 11 is 0. The number of hydrogen-bond acceptors (Lipinski definition) is 2. The van der Waals surface area contributed by atoms with Crippen LogP contribution in [-0.4, -0.2) is 29.9 Å². The van der Waals surface area contributed by atoms with E-state index < -0.39 is 0 Å². The van der Waals surface area contributed by atoms with Gasteiger partial charge >= 0.3 is 0 Å². The van der Waals surface area contributed by atoms with Crippen LogP contribution in [0.4, 0.5) is 0 Å². The summed E-state index contributed by atoms with van der Waals surface area (Å²) in [5.74, 6) is 0.518. The summed E-state index contributed by atoms with van der Waals surface area (Å²) in [6.07, 6.45) is 0. The van der Waals surface area contributed by atoms with Crippen LogP contribution in [0.2, 0.25) is 0 Å². The van der Waals surface area contributed by atoms with E-state index >= 15 is 0 Å². The van der Waals surface area contributed by atoms with Crippen LogP contribution in [0.3, 0.4) is 0 Å². The smallest absolute Gasteiger partial charge is 0.241 e. The number of hydrogen-bond donors (Lipinski definition) is 1. The van der Waals surface area contributed by atoms with Gasteiger partial charge in [0.25, 0.3) is 0 Å². The van der Waals surface area contributed by atoms with E-state index in [0.717, 1.165) is 19.6 Å². The maximum atomic E-state index is 12.4. The monoisotopic (exact) mass is 278 g/mol. The molecule has 1 unspecified atom stereocenters. The van der Waals surface area contributed by atoms with Crippen LogP contribution in [0, 0.1) is 0 Å². The van der Waals surface area contributed by atoms with Gasteiger partial charge < -0.3 is 10.2 Å². The molecule has 2 aliphatic heterocycles. The van der Waals surface area contributed by atoms with Gasteiger partial charge in [0.05, 0.1) is 6.04 Å². The highest BCUT2D eigenvalue weighted by molar-refractivity contribution is 5.85. The topological polar surface area (TPSA) is 42.3 Å². The molecule has 21 heavy (non-hydrogen) atoms. The van der Waals surface area contributed by atoms with Crippen LogP contribution < -0.4 is 5.32 Å². The Balaban J connectivity index is 1.72. The van der Waals surface area contributed by atoms with Crippen LogP contribution >= 0.6 is 0 Å². The number of fused-ring (bicyclic) bond motifs is 1. The predicted molar refractivity (Wildman–Crippen MR) is 81.9 cm³/mol. The normalized spacial score (nSPS) is 23.5. The zero-order valence-electron chi connectivity index (χ0n) is 11.8. The molecule has 0 saturated carbocycles. The lowest BCUT2D eigenvalue weighted by molar-refractivity contribution is -0.131. The molecule has 0 bridgehead atoms. The maximum Gasteiger partial charge on any atom is 0.241 e. The van der Waals surface area contributed by atoms with Gasteiger partial charge in [0.1, 0.15) is 0 Å². The van der Waals surface area contributed by atoms with Crippen molar-refractivity contribution in [2.24, 2.45) is 0 Å². The predicted octanol–water partition coefficient (Wildman–Crippen LogP) is 2.13. The number of nitrogens with zero attached hydrogens (tertiary/aromatic N) is 1. The molecule has 1 fully saturated rings. The lowest BCUT2D eigenvalue weighted by Crippen LogP contribution is -2.41. The summed E-state index contributed by atoms with van der Waals surface area (Å²) in [6.45, 7) is 2.33. The Labute approximate surface area is 124 Å². The molecule has 3 heteroatoms. The zero-order chi connectivity index (χ0) is 14.2. The second kappa shape index (κ2) is 5.01. The fourth-order valence-corrected chi connectivity index (χ4v) is 3.20. The van der Waals surface area contributed by atoms with E-state index in [-0.39, 0.29) is 17.9 Å². The second-order valence-electron chi connectivity index (χ2n) is 5.84. The zero-order valence-corrected chi connectivity index (χ0v) is 11.8. The van der Waals surface area contributed by atoms with Crippen molar-refractivity contribution < 1.29 is 4.79 Å². The van der Waals surface area contributed by atoms with Gasteiger partial charge in [-0.05, 0) is 16.7 Å². The highest BCUT2D eigenvalue weighted by atomic mass is 16.2. The molecule has 0 spiro atoms. The van der Waals surface area contributed by atoms with Crippen molar-refractivity contribution in [1.29, 1.82) is 0 Å². The standard InChI is InChI=1S/C18H18N2O/c21-18(17-10-19-17)20-11-14-8-4-5-9-15(14)16(12-20)13-6-2-1-3-7-13/h1-9,16-17,19H,10-12H2/t16?,17-/m1/s1. The third-order valence-corrected chi connectivity index (χ3v) is 4.41. The van der Waals surface area contributed by atoms with Crippen LogP contribution in [0.15, 0.2) is 54.6 Å². The summed E-state index contributed by atoms with van der Waals surface area (Å²) in [7, 11) is 0. The van der Waals surface area contributed by atoms with E-state index in [4.69, 9.17) is 0 Å². The summed E-state index contributed by atoms with van der Waals surface area (Å²) in [5.41, 5.74) is 3.91. The summed E-state index contributed by atoms with van der Waals surface area (Å²) in [4.78, 5) is 14.4. The van der Waals surface area contributed by atoms with E-state index in [9.17, 15) is 4.79 Å². The Morgan fingerprint density at radius 3 is 2.52 bits per heavy atom. The SMILES string of the molecule is O=C([C@H]1CN1)N1Cc2ccccc2C(c2ccccc2)C1. The fourth-order valence-electron chi connectivity index (χ4n) is 3.20. The molecule has 1 N–H and O–H groups in total. The first-order valence-electron chi connectivity index (χ1n) is 7.48. The molecule has 106 valence electrons. The van der Waals surface area contributed by atoms with E-state index in [1.807, 2.05) is 11.0 Å². The third-order valence-electron chi connectivity index (χ3n) is 4.41. The molecule has 2 aliphatic rings. The average Bonchev–Trinajstić information content (AvgIpc) is 3.39. The fraction of sp³-hybridized carbons (Fsp3) is 0.278. The van der Waals surface area contributed by atoms with E-state index in [0.29, 0.717) is 0 Å². The van der Waals surface area contributed by atoms with Gasteiger partial charge in [-0.25, -0.2) is 0 Å². The van der Waals surface area contributed by atoms with E-state index in [2.05, 4.69) is 53.8 Å². The van der Waals surface area contributed by atoms with Gasteiger partial charge in [-0.3, -0.25) is 4.79 Å². The third kappa shape index (κ3) is 2.34. The van der Waals surface area contributed by atoms with E-state index in [1.165, 1.54) is 16.7 Å². The van der Waals surface area contributed by atoms with Gasteiger partial charge in [0.15, 0.2) is 0 Å². The summed E-state index contributed by atoms with van der Waals surface area (Å²) in [6, 6.07) is 19.0. The minimum Gasteiger partial charge on any atom is -0.336 e. The number of rotatable bonds is 2. The minimum atomic E-state index is 0.0479. The minimum absolute atomic E-state index is 0.0479. The number of carbonyl (C=O) groups is 1. The molecule has 2 atom stereocenters. The Morgan fingerprint density at radius 2 is 1.76 bits per heavy atom. The van der Waals surface area contributed by atoms with Crippen LogP contribution in [0.5, 0.6) is 0 Å². The van der Waals surface area contributed by atoms with Crippen molar-refractivity contribution in [2.75, 3.05) is 13.1 Å². The first-order valence-corrected chi connectivity index (χ1v) is 7.48. The quantitative estimate of drug-likeness (QED) is 0.855. The van der Waals surface area contributed by atoms with Crippen molar-refractivity contribution >= 4 is 5.91 Å². The lowest BCUT2D eigenvalue weighted by Gasteiger charge is -2.35. The van der Waals surface area contributed by atoms with E-state index in [1.54, 1.807) is 0 Å². The number of amides is 1. The molecule has 1 amide bonds. The Kier molecular flexibility index (Phi) is 3.00. The molecule has 2 aromatic rings. The molecule has 0 aliphatic carbocycles. The second-order valence-corrected chi connectivity index (χ2v) is 5.84. The average molecular weight is 278 g/mol. The van der Waals surface area contributed by atoms with Crippen molar-refractivity contribution in [1.82, 2.24) is 10.2 Å². The summed E-state index contributed by atoms with van der Waals surface area (Å²) < 4.78 is 0. The van der Waals surface area contributed by atoms with Gasteiger partial charge in [0.2, 0.25) is 5.91 Å². The maximum absolute atomic E-state index is 12.4. The molecule has 4 rings (SSSR count). The number of nitrogens with one attached hydrogen (secondary N) is 1. The van der Waals surface area contributed by atoms with Gasteiger partial charge in [-0.15, -0.1) is 0 Å². The molecule has 2 aromatic carbocycles. The first-order chi connectivity index (χ1) is 10.3. The largest absolute Gasteiger partial charge is 0.336 e. The van der Waals surface area contributed by atoms with Crippen molar-refractivity contribution in [3.05, 3.63) is 71.3 Å². The van der Waals surface area contributed by atoms with Crippen LogP contribution in [0.1, 0.15) is 22.6 Å². The number of carbonyl (C=O) groups excluding carboxylic acids is 1. The molecule has 0 radical (unpaired) electrons. The Morgan fingerprint density at radius 1 is 1.05 bits per heavy atom. The highest BCUT2D eigenvalue weighted by Gasteiger charge is 2.36. The summed E-state index contributed by atoms with van der Waals surface area (Å²) in [5, 5.41) is 3.12. The van der Waals surface area contributed by atoms with Gasteiger partial charge in [-0.1, -0.05) is 54.6 Å². The molecule has 0 aromatic heterocycles. The Hall–Kier alpha value is -2.13. The molecular formula is C18H18N2O.